The average Bonchev–Trinajstić information content (AvgIpc) is 2.76. The van der Waals surface area contributed by atoms with Crippen molar-refractivity contribution in [2.45, 2.75) is 12.5 Å². The molecule has 1 aromatic carbocycles. The Bertz CT molecular complexity index is 653. The van der Waals surface area contributed by atoms with Gasteiger partial charge in [0.15, 0.2) is 0 Å². The fraction of sp³-hybridized carbons (Fsp3) is 0.308. The lowest BCUT2D eigenvalue weighted by Gasteiger charge is -2.11. The third-order valence-electron chi connectivity index (χ3n) is 3.01. The van der Waals surface area contributed by atoms with Gasteiger partial charge in [-0.15, -0.1) is 0 Å². The van der Waals surface area contributed by atoms with Gasteiger partial charge in [-0.1, -0.05) is 0 Å². The lowest BCUT2D eigenvalue weighted by molar-refractivity contribution is -0.132. The fourth-order valence-electron chi connectivity index (χ4n) is 1.88. The third kappa shape index (κ3) is 3.48. The number of halogens is 2. The number of hydrogen-bond acceptors (Lipinski definition) is 5. The quantitative estimate of drug-likeness (QED) is 0.834. The Morgan fingerprint density at radius 1 is 1.36 bits per heavy atom. The summed E-state index contributed by atoms with van der Waals surface area (Å²) in [6.45, 7) is -0.167. The number of nitrogens with zero attached hydrogens (tertiary/aromatic N) is 1. The Hall–Kier alpha value is -2.71. The first-order chi connectivity index (χ1) is 10.4. The van der Waals surface area contributed by atoms with E-state index >= 15 is 0 Å². The fourth-order valence-corrected chi connectivity index (χ4v) is 1.88. The molecule has 22 heavy (non-hydrogen) atoms. The summed E-state index contributed by atoms with van der Waals surface area (Å²) in [5, 5.41) is 1.98. The minimum atomic E-state index is -3.13. The van der Waals surface area contributed by atoms with E-state index in [0.29, 0.717) is 5.69 Å². The molecule has 1 aromatic rings. The second-order valence-corrected chi connectivity index (χ2v) is 4.57. The van der Waals surface area contributed by atoms with Crippen LogP contribution in [0.25, 0.3) is 0 Å². The summed E-state index contributed by atoms with van der Waals surface area (Å²) in [4.78, 5) is 35.2. The predicted molar refractivity (Wildman–Crippen MR) is 73.8 cm³/mol. The lowest BCUT2D eigenvalue weighted by Crippen LogP contribution is -2.37. The molecule has 1 saturated heterocycles. The number of carbonyl (C=O) groups is 2. The number of nitrogen functional groups attached to an aromatic ring is 1. The van der Waals surface area contributed by atoms with Crippen LogP contribution in [0.5, 0.6) is 0 Å². The molecule has 3 N–H and O–H groups in total. The summed E-state index contributed by atoms with van der Waals surface area (Å²) >= 11 is 0. The topological polar surface area (TPSA) is 102 Å². The van der Waals surface area contributed by atoms with Gasteiger partial charge in [-0.05, 0) is 24.3 Å². The zero-order valence-corrected chi connectivity index (χ0v) is 11.3. The van der Waals surface area contributed by atoms with E-state index in [0.717, 1.165) is 0 Å². The van der Waals surface area contributed by atoms with Crippen LogP contribution in [0.3, 0.4) is 0 Å². The zero-order chi connectivity index (χ0) is 16.3. The van der Waals surface area contributed by atoms with Gasteiger partial charge in [0.25, 0.3) is 5.91 Å². The number of amides is 2. The number of carbonyl (C=O) groups excluding carboxylic acids is 2. The summed E-state index contributed by atoms with van der Waals surface area (Å²) in [5.41, 5.74) is 5.49. The van der Waals surface area contributed by atoms with E-state index in [1.165, 1.54) is 29.2 Å². The monoisotopic (exact) mass is 313 g/mol. The summed E-state index contributed by atoms with van der Waals surface area (Å²) in [5.74, 6) is -1.43. The molecule has 1 fully saturated rings. The molecule has 1 heterocycles. The first-order valence-electron chi connectivity index (χ1n) is 6.32. The Labute approximate surface area is 123 Å². The largest absolute Gasteiger partial charge is 0.442 e. The van der Waals surface area contributed by atoms with Crippen LogP contribution >= 0.6 is 0 Å². The van der Waals surface area contributed by atoms with Gasteiger partial charge in [0.1, 0.15) is 6.10 Å². The summed E-state index contributed by atoms with van der Waals surface area (Å²) in [6, 6.07) is 5.44. The van der Waals surface area contributed by atoms with Crippen LogP contribution < -0.4 is 21.4 Å². The molecule has 0 spiro atoms. The molecule has 7 nitrogen and oxygen atoms in total. The SMILES string of the molecule is Nc1ccc(N2C[C@H](CNC(=O)C(F)F)OC2=O)ccc1=O. The molecule has 9 heteroatoms. The Morgan fingerprint density at radius 3 is 2.73 bits per heavy atom. The number of nitrogens with two attached hydrogens (primary N) is 1. The number of ether oxygens (including phenoxy) is 1. The molecular formula is C13H13F2N3O4. The van der Waals surface area contributed by atoms with E-state index in [-0.39, 0.29) is 24.2 Å². The number of cyclic esters (lactones) is 1. The Balaban J connectivity index is 2.05. The van der Waals surface area contributed by atoms with E-state index in [4.69, 9.17) is 10.5 Å². The van der Waals surface area contributed by atoms with Crippen LogP contribution in [0.1, 0.15) is 0 Å². The van der Waals surface area contributed by atoms with E-state index in [2.05, 4.69) is 0 Å². The maximum absolute atomic E-state index is 12.1. The van der Waals surface area contributed by atoms with Gasteiger partial charge in [-0.25, -0.2) is 4.79 Å². The van der Waals surface area contributed by atoms with Crippen molar-refractivity contribution in [2.24, 2.45) is 0 Å². The van der Waals surface area contributed by atoms with Gasteiger partial charge in [-0.2, -0.15) is 8.78 Å². The van der Waals surface area contributed by atoms with E-state index in [9.17, 15) is 23.2 Å². The van der Waals surface area contributed by atoms with Gasteiger partial charge in [0, 0.05) is 5.69 Å². The number of anilines is 2. The molecule has 0 unspecified atom stereocenters. The molecule has 0 aromatic heterocycles. The molecule has 118 valence electrons. The molecular weight excluding hydrogens is 300 g/mol. The van der Waals surface area contributed by atoms with Crippen molar-refractivity contribution in [2.75, 3.05) is 23.7 Å². The minimum absolute atomic E-state index is 0.0274. The Morgan fingerprint density at radius 2 is 2.05 bits per heavy atom. The second kappa shape index (κ2) is 6.37. The van der Waals surface area contributed by atoms with Crippen LogP contribution in [-0.2, 0) is 9.53 Å². The minimum Gasteiger partial charge on any atom is -0.442 e. The maximum atomic E-state index is 12.1. The number of nitrogens with one attached hydrogen (secondary N) is 1. The first kappa shape index (κ1) is 15.7. The molecule has 0 bridgehead atoms. The van der Waals surface area contributed by atoms with Crippen LogP contribution in [0, 0.1) is 0 Å². The summed E-state index contributed by atoms with van der Waals surface area (Å²) in [7, 11) is 0. The highest BCUT2D eigenvalue weighted by Gasteiger charge is 2.32. The lowest BCUT2D eigenvalue weighted by atomic mass is 10.3. The van der Waals surface area contributed by atoms with Crippen molar-refractivity contribution in [3.63, 3.8) is 0 Å². The average molecular weight is 313 g/mol. The smallest absolute Gasteiger partial charge is 0.414 e. The van der Waals surface area contributed by atoms with Crippen molar-refractivity contribution in [1.29, 1.82) is 0 Å². The van der Waals surface area contributed by atoms with Crippen molar-refractivity contribution in [3.05, 3.63) is 34.5 Å². The van der Waals surface area contributed by atoms with E-state index < -0.39 is 24.5 Å². The number of hydrogen-bond donors (Lipinski definition) is 2. The molecule has 1 aliphatic heterocycles. The van der Waals surface area contributed by atoms with Gasteiger partial charge in [0.05, 0.1) is 18.8 Å². The summed E-state index contributed by atoms with van der Waals surface area (Å²) < 4.78 is 29.1. The van der Waals surface area contributed by atoms with Crippen molar-refractivity contribution in [1.82, 2.24) is 5.32 Å². The molecule has 0 saturated carbocycles. The van der Waals surface area contributed by atoms with Crippen molar-refractivity contribution < 1.29 is 23.1 Å². The molecule has 0 aliphatic carbocycles. The second-order valence-electron chi connectivity index (χ2n) is 4.57. The van der Waals surface area contributed by atoms with Crippen LogP contribution in [0.15, 0.2) is 29.1 Å². The van der Waals surface area contributed by atoms with Gasteiger partial charge < -0.3 is 15.8 Å². The van der Waals surface area contributed by atoms with Crippen LogP contribution in [-0.4, -0.2) is 37.6 Å². The highest BCUT2D eigenvalue weighted by molar-refractivity contribution is 5.89. The third-order valence-corrected chi connectivity index (χ3v) is 3.01. The first-order valence-corrected chi connectivity index (χ1v) is 6.32. The van der Waals surface area contributed by atoms with Crippen molar-refractivity contribution >= 4 is 23.4 Å². The highest BCUT2D eigenvalue weighted by Crippen LogP contribution is 2.20. The van der Waals surface area contributed by atoms with Gasteiger partial charge in [-0.3, -0.25) is 14.5 Å². The number of alkyl halides is 2. The number of rotatable bonds is 4. The van der Waals surface area contributed by atoms with Gasteiger partial charge in [0.2, 0.25) is 5.43 Å². The molecule has 1 atom stereocenters. The normalized spacial score (nSPS) is 17.5. The predicted octanol–water partition coefficient (Wildman–Crippen LogP) is 0.335. The Kier molecular flexibility index (Phi) is 4.54. The zero-order valence-electron chi connectivity index (χ0n) is 11.3. The van der Waals surface area contributed by atoms with E-state index in [1.54, 1.807) is 0 Å². The van der Waals surface area contributed by atoms with Gasteiger partial charge >= 0.3 is 12.5 Å². The standard InChI is InChI=1S/C13H13F2N3O4/c14-11(15)12(20)17-5-8-6-18(13(21)22-8)7-1-3-9(16)10(19)4-2-7/h1-4,8,11H,5-6H2,(H2,16,19)(H,17,20)/t8-/m0/s1. The molecule has 1 aliphatic rings. The van der Waals surface area contributed by atoms with Crippen molar-refractivity contribution in [3.8, 4) is 0 Å². The highest BCUT2D eigenvalue weighted by atomic mass is 19.3. The van der Waals surface area contributed by atoms with Crippen LogP contribution in [0.2, 0.25) is 0 Å². The van der Waals surface area contributed by atoms with E-state index in [1.807, 2.05) is 5.32 Å². The van der Waals surface area contributed by atoms with Crippen LogP contribution in [0.4, 0.5) is 25.0 Å². The molecule has 2 rings (SSSR count). The summed E-state index contributed by atoms with van der Waals surface area (Å²) in [6.07, 6.45) is -4.59. The molecule has 0 radical (unpaired) electrons. The molecule has 2 amide bonds. The maximum Gasteiger partial charge on any atom is 0.414 e.